The number of benzene rings is 2. The summed E-state index contributed by atoms with van der Waals surface area (Å²) in [7, 11) is 1.56. The second-order valence-corrected chi connectivity index (χ2v) is 6.23. The maximum atomic E-state index is 12.6. The number of para-hydroxylation sites is 2. The van der Waals surface area contributed by atoms with Crippen molar-refractivity contribution in [1.29, 1.82) is 0 Å². The lowest BCUT2D eigenvalue weighted by Gasteiger charge is -2.22. The fourth-order valence-electron chi connectivity index (χ4n) is 2.58. The number of methoxy groups -OCH3 is 1. The second kappa shape index (κ2) is 7.99. The monoisotopic (exact) mass is 358 g/mol. The van der Waals surface area contributed by atoms with E-state index < -0.39 is 12.1 Å². The number of esters is 1. The van der Waals surface area contributed by atoms with Crippen LogP contribution in [-0.4, -0.2) is 26.0 Å². The molecule has 0 fully saturated rings. The lowest BCUT2D eigenvalue weighted by atomic mass is 10.1. The van der Waals surface area contributed by atoms with E-state index in [1.54, 1.807) is 31.4 Å². The molecule has 26 heavy (non-hydrogen) atoms. The summed E-state index contributed by atoms with van der Waals surface area (Å²) in [5, 5.41) is 0. The van der Waals surface area contributed by atoms with Crippen LogP contribution in [0.2, 0.25) is 0 Å². The molecule has 6 nitrogen and oxygen atoms in total. The van der Waals surface area contributed by atoms with Gasteiger partial charge in [0.15, 0.2) is 29.1 Å². The third kappa shape index (κ3) is 4.02. The molecule has 0 saturated heterocycles. The van der Waals surface area contributed by atoms with Crippen molar-refractivity contribution >= 4 is 5.97 Å². The quantitative estimate of drug-likeness (QED) is 0.705. The normalized spacial score (nSPS) is 13.4. The molecule has 0 radical (unpaired) electrons. The van der Waals surface area contributed by atoms with Gasteiger partial charge in [0.25, 0.3) is 0 Å². The van der Waals surface area contributed by atoms with Gasteiger partial charge in [-0.1, -0.05) is 32.0 Å². The van der Waals surface area contributed by atoms with Crippen LogP contribution in [-0.2, 0) is 16.1 Å². The van der Waals surface area contributed by atoms with Crippen molar-refractivity contribution in [2.24, 2.45) is 5.92 Å². The van der Waals surface area contributed by atoms with Gasteiger partial charge in [-0.15, -0.1) is 0 Å². The Morgan fingerprint density at radius 3 is 2.54 bits per heavy atom. The van der Waals surface area contributed by atoms with Gasteiger partial charge < -0.3 is 23.7 Å². The van der Waals surface area contributed by atoms with Crippen molar-refractivity contribution in [1.82, 2.24) is 0 Å². The molecule has 2 aromatic rings. The molecule has 0 saturated carbocycles. The number of ether oxygens (including phenoxy) is 5. The second-order valence-electron chi connectivity index (χ2n) is 6.23. The van der Waals surface area contributed by atoms with Gasteiger partial charge >= 0.3 is 5.97 Å². The average molecular weight is 358 g/mol. The lowest BCUT2D eigenvalue weighted by Crippen LogP contribution is -2.34. The van der Waals surface area contributed by atoms with E-state index in [0.717, 1.165) is 5.56 Å². The Morgan fingerprint density at radius 2 is 1.81 bits per heavy atom. The number of carbonyl (C=O) groups excluding carboxylic acids is 1. The predicted octanol–water partition coefficient (Wildman–Crippen LogP) is 3.57. The molecule has 1 aliphatic rings. The van der Waals surface area contributed by atoms with Crippen LogP contribution in [0.15, 0.2) is 42.5 Å². The van der Waals surface area contributed by atoms with E-state index in [0.29, 0.717) is 23.0 Å². The third-order valence-corrected chi connectivity index (χ3v) is 3.98. The highest BCUT2D eigenvalue weighted by Crippen LogP contribution is 2.33. The van der Waals surface area contributed by atoms with E-state index in [9.17, 15) is 4.79 Å². The predicted molar refractivity (Wildman–Crippen MR) is 94.6 cm³/mol. The molecule has 0 aromatic heterocycles. The van der Waals surface area contributed by atoms with E-state index in [4.69, 9.17) is 23.7 Å². The van der Waals surface area contributed by atoms with Crippen molar-refractivity contribution in [2.45, 2.75) is 26.6 Å². The Balaban J connectivity index is 1.65. The molecule has 1 atom stereocenters. The molecule has 1 unspecified atom stereocenters. The van der Waals surface area contributed by atoms with Crippen molar-refractivity contribution in [3.63, 3.8) is 0 Å². The number of rotatable bonds is 7. The van der Waals surface area contributed by atoms with Crippen molar-refractivity contribution in [3.8, 4) is 23.0 Å². The Hall–Kier alpha value is -2.89. The first-order valence-corrected chi connectivity index (χ1v) is 8.43. The molecule has 0 spiro atoms. The maximum Gasteiger partial charge on any atom is 0.347 e. The summed E-state index contributed by atoms with van der Waals surface area (Å²) in [4.78, 5) is 12.6. The van der Waals surface area contributed by atoms with Crippen LogP contribution in [0.25, 0.3) is 0 Å². The fourth-order valence-corrected chi connectivity index (χ4v) is 2.58. The summed E-state index contributed by atoms with van der Waals surface area (Å²) in [6.07, 6.45) is -0.736. The zero-order valence-electron chi connectivity index (χ0n) is 15.1. The molecule has 0 amide bonds. The van der Waals surface area contributed by atoms with Crippen LogP contribution in [0.3, 0.4) is 0 Å². The average Bonchev–Trinajstić information content (AvgIpc) is 3.12. The zero-order chi connectivity index (χ0) is 18.5. The number of fused-ring (bicyclic) bond motifs is 1. The largest absolute Gasteiger partial charge is 0.493 e. The minimum Gasteiger partial charge on any atom is -0.493 e. The van der Waals surface area contributed by atoms with Gasteiger partial charge in [0.05, 0.1) is 7.11 Å². The Kier molecular flexibility index (Phi) is 5.51. The highest BCUT2D eigenvalue weighted by Gasteiger charge is 2.27. The van der Waals surface area contributed by atoms with Gasteiger partial charge in [-0.3, -0.25) is 0 Å². The molecule has 138 valence electrons. The van der Waals surface area contributed by atoms with Crippen LogP contribution in [0.5, 0.6) is 23.0 Å². The van der Waals surface area contributed by atoms with Crippen LogP contribution in [0.1, 0.15) is 19.4 Å². The maximum absolute atomic E-state index is 12.6. The Bertz CT molecular complexity index is 771. The fraction of sp³-hybridized carbons (Fsp3) is 0.350. The highest BCUT2D eigenvalue weighted by atomic mass is 16.7. The first-order chi connectivity index (χ1) is 12.6. The minimum atomic E-state index is -0.736. The Labute approximate surface area is 152 Å². The van der Waals surface area contributed by atoms with E-state index in [1.165, 1.54) is 0 Å². The molecule has 2 aromatic carbocycles. The van der Waals surface area contributed by atoms with Gasteiger partial charge in [0.1, 0.15) is 6.61 Å². The molecule has 1 aliphatic heterocycles. The summed E-state index contributed by atoms with van der Waals surface area (Å²) in [6, 6.07) is 12.7. The molecule has 0 bridgehead atoms. The van der Waals surface area contributed by atoms with Gasteiger partial charge in [-0.2, -0.15) is 0 Å². The first-order valence-electron chi connectivity index (χ1n) is 8.43. The minimum absolute atomic E-state index is 0.0656. The summed E-state index contributed by atoms with van der Waals surface area (Å²) in [5.41, 5.74) is 0.822. The van der Waals surface area contributed by atoms with Crippen LogP contribution < -0.4 is 18.9 Å². The zero-order valence-corrected chi connectivity index (χ0v) is 15.1. The van der Waals surface area contributed by atoms with Gasteiger partial charge in [0.2, 0.25) is 6.79 Å². The van der Waals surface area contributed by atoms with Crippen LogP contribution in [0.4, 0.5) is 0 Å². The van der Waals surface area contributed by atoms with Gasteiger partial charge in [0, 0.05) is 5.92 Å². The SMILES string of the molecule is COc1ccccc1OC(C(=O)OCc1ccc2c(c1)OCO2)C(C)C. The first kappa shape index (κ1) is 17.9. The van der Waals surface area contributed by atoms with E-state index >= 15 is 0 Å². The molecule has 1 heterocycles. The Morgan fingerprint density at radius 1 is 1.08 bits per heavy atom. The van der Waals surface area contributed by atoms with Crippen LogP contribution in [0, 0.1) is 5.92 Å². The van der Waals surface area contributed by atoms with Gasteiger partial charge in [-0.25, -0.2) is 4.79 Å². The molecular weight excluding hydrogens is 336 g/mol. The standard InChI is InChI=1S/C20H22O6/c1-13(2)19(26-17-7-5-4-6-15(17)22-3)20(21)23-11-14-8-9-16-18(10-14)25-12-24-16/h4-10,13,19H,11-12H2,1-3H3. The number of hydrogen-bond acceptors (Lipinski definition) is 6. The summed E-state index contributed by atoms with van der Waals surface area (Å²) in [6.45, 7) is 4.15. The van der Waals surface area contributed by atoms with Crippen molar-refractivity contribution in [2.75, 3.05) is 13.9 Å². The number of carbonyl (C=O) groups is 1. The number of hydrogen-bond donors (Lipinski definition) is 0. The third-order valence-electron chi connectivity index (χ3n) is 3.98. The summed E-state index contributed by atoms with van der Waals surface area (Å²) >= 11 is 0. The van der Waals surface area contributed by atoms with Crippen molar-refractivity contribution < 1.29 is 28.5 Å². The van der Waals surface area contributed by atoms with E-state index in [-0.39, 0.29) is 19.3 Å². The van der Waals surface area contributed by atoms with Gasteiger partial charge in [-0.05, 0) is 29.8 Å². The van der Waals surface area contributed by atoms with Crippen LogP contribution >= 0.6 is 0 Å². The molecular formula is C20H22O6. The molecule has 6 heteroatoms. The topological polar surface area (TPSA) is 63.2 Å². The van der Waals surface area contributed by atoms with Crippen molar-refractivity contribution in [3.05, 3.63) is 48.0 Å². The van der Waals surface area contributed by atoms with E-state index in [2.05, 4.69) is 0 Å². The lowest BCUT2D eigenvalue weighted by molar-refractivity contribution is -0.155. The summed E-state index contributed by atoms with van der Waals surface area (Å²) in [5.74, 6) is 1.94. The molecule has 0 aliphatic carbocycles. The molecule has 3 rings (SSSR count). The summed E-state index contributed by atoms with van der Waals surface area (Å²) < 4.78 is 27.2. The highest BCUT2D eigenvalue weighted by molar-refractivity contribution is 5.75. The molecule has 0 N–H and O–H groups in total. The van der Waals surface area contributed by atoms with E-state index in [1.807, 2.05) is 32.0 Å². The smallest absolute Gasteiger partial charge is 0.347 e.